The van der Waals surface area contributed by atoms with Crippen LogP contribution < -0.4 is 10.4 Å². The summed E-state index contributed by atoms with van der Waals surface area (Å²) in [7, 11) is -2.56. The van der Waals surface area contributed by atoms with Gasteiger partial charge in [-0.15, -0.1) is 5.92 Å². The molecule has 0 unspecified atom stereocenters. The average Bonchev–Trinajstić information content (AvgIpc) is 3.08. The van der Waals surface area contributed by atoms with Gasteiger partial charge in [0.2, 0.25) is 0 Å². The topological polar surface area (TPSA) is 36.9 Å². The highest BCUT2D eigenvalue weighted by Crippen LogP contribution is 2.41. The van der Waals surface area contributed by atoms with Gasteiger partial charge in [0.05, 0.1) is 18.8 Å². The van der Waals surface area contributed by atoms with Crippen molar-refractivity contribution < 1.29 is 18.6 Å². The van der Waals surface area contributed by atoms with E-state index >= 15 is 0 Å². The van der Waals surface area contributed by atoms with Gasteiger partial charge in [-0.05, 0) is 72.8 Å². The summed E-state index contributed by atoms with van der Waals surface area (Å²) in [6.07, 6.45) is 10.9. The highest BCUT2D eigenvalue weighted by Gasteiger charge is 2.50. The highest BCUT2D eigenvalue weighted by molar-refractivity contribution is 6.99. The zero-order valence-electron chi connectivity index (χ0n) is 29.2. The molecule has 47 heavy (non-hydrogen) atoms. The number of hydrogen-bond donors (Lipinski definition) is 0. The molecule has 2 fully saturated rings. The summed E-state index contributed by atoms with van der Waals surface area (Å²) >= 11 is 0. The van der Waals surface area contributed by atoms with Gasteiger partial charge in [0, 0.05) is 38.4 Å². The molecule has 0 aliphatic carbocycles. The summed E-state index contributed by atoms with van der Waals surface area (Å²) in [5.41, 5.74) is 1.23. The molecule has 0 aromatic heterocycles. The zero-order chi connectivity index (χ0) is 33.0. The molecule has 4 nitrogen and oxygen atoms in total. The molecule has 5 rings (SSSR count). The first-order valence-electron chi connectivity index (χ1n) is 18.0. The molecule has 5 heteroatoms. The fourth-order valence-electron chi connectivity index (χ4n) is 7.40. The Kier molecular flexibility index (Phi) is 12.9. The largest absolute Gasteiger partial charge is 0.406 e. The Morgan fingerprint density at radius 3 is 2.00 bits per heavy atom. The third-order valence-electron chi connectivity index (χ3n) is 9.75. The van der Waals surface area contributed by atoms with E-state index in [1.165, 1.54) is 22.4 Å². The van der Waals surface area contributed by atoms with Gasteiger partial charge >= 0.3 is 0 Å². The van der Waals surface area contributed by atoms with Gasteiger partial charge in [0.25, 0.3) is 8.32 Å². The quantitative estimate of drug-likeness (QED) is 0.105. The predicted molar refractivity (Wildman–Crippen MR) is 195 cm³/mol. The van der Waals surface area contributed by atoms with Crippen molar-refractivity contribution >= 4 is 18.7 Å². The predicted octanol–water partition coefficient (Wildman–Crippen LogP) is 8.81. The van der Waals surface area contributed by atoms with Crippen LogP contribution in [0.5, 0.6) is 0 Å². The van der Waals surface area contributed by atoms with Crippen molar-refractivity contribution in [3.63, 3.8) is 0 Å². The molecule has 4 atom stereocenters. The van der Waals surface area contributed by atoms with Crippen LogP contribution in [0.15, 0.2) is 91.0 Å². The lowest BCUT2D eigenvalue weighted by atomic mass is 9.91. The van der Waals surface area contributed by atoms with E-state index in [0.717, 1.165) is 64.4 Å². The minimum absolute atomic E-state index is 0.0406. The van der Waals surface area contributed by atoms with Crippen LogP contribution in [0.4, 0.5) is 0 Å². The summed E-state index contributed by atoms with van der Waals surface area (Å²) in [6.45, 7) is 11.3. The second-order valence-electron chi connectivity index (χ2n) is 14.6. The van der Waals surface area contributed by atoms with E-state index < -0.39 is 14.1 Å². The lowest BCUT2D eigenvalue weighted by Gasteiger charge is -2.46. The van der Waals surface area contributed by atoms with Crippen molar-refractivity contribution in [2.75, 3.05) is 13.2 Å². The van der Waals surface area contributed by atoms with E-state index in [9.17, 15) is 0 Å². The summed E-state index contributed by atoms with van der Waals surface area (Å²) < 4.78 is 26.4. The highest BCUT2D eigenvalue weighted by atomic mass is 28.4. The lowest BCUT2D eigenvalue weighted by Crippen LogP contribution is -2.66. The molecule has 1 spiro atoms. The van der Waals surface area contributed by atoms with Crippen LogP contribution in [-0.2, 0) is 25.2 Å². The van der Waals surface area contributed by atoms with Gasteiger partial charge in [-0.3, -0.25) is 0 Å². The van der Waals surface area contributed by atoms with Crippen molar-refractivity contribution in [3.05, 3.63) is 96.6 Å². The van der Waals surface area contributed by atoms with Gasteiger partial charge in [-0.1, -0.05) is 118 Å². The smallest absolute Gasteiger partial charge is 0.261 e. The average molecular weight is 653 g/mol. The van der Waals surface area contributed by atoms with E-state index in [4.69, 9.17) is 18.6 Å². The number of rotatable bonds is 13. The standard InChI is InChI=1S/C42H56O4Si/c1-35(33-44-47(41(2,3)4,39-26-10-6-11-27-39)40-28-12-7-13-29-40)19-16-23-38-25-18-31-42(46-38)30-17-24-37(45-42)22-14-15-32-43-34-36-20-8-5-9-21-36/h5-13,20-21,26-29,35,37-38H,14-15,17-18,22-25,30-34H2,1-4H3/t35-,37+,38+,42-/m0/s1. The number of ether oxygens (including phenoxy) is 3. The van der Waals surface area contributed by atoms with Gasteiger partial charge in [-0.2, -0.15) is 0 Å². The van der Waals surface area contributed by atoms with Crippen molar-refractivity contribution in [3.8, 4) is 11.8 Å². The number of benzene rings is 3. The summed E-state index contributed by atoms with van der Waals surface area (Å²) in [4.78, 5) is 0. The van der Waals surface area contributed by atoms with Crippen molar-refractivity contribution in [2.24, 2.45) is 5.92 Å². The van der Waals surface area contributed by atoms with Gasteiger partial charge < -0.3 is 18.6 Å². The Morgan fingerprint density at radius 2 is 1.38 bits per heavy atom. The molecule has 2 aliphatic rings. The van der Waals surface area contributed by atoms with Gasteiger partial charge in [0.1, 0.15) is 0 Å². The molecule has 2 aliphatic heterocycles. The van der Waals surface area contributed by atoms with E-state index in [2.05, 4.69) is 124 Å². The Labute approximate surface area is 285 Å². The SMILES string of the molecule is C[C@@H](C#CC[C@@H]1CCC[C@]2(CCC[C@@H](CCCCOCc3ccccc3)O2)O1)CO[Si](c1ccccc1)(c1ccccc1)C(C)(C)C. The van der Waals surface area contributed by atoms with E-state index in [-0.39, 0.29) is 23.2 Å². The molecule has 2 heterocycles. The molecule has 2 saturated heterocycles. The minimum atomic E-state index is -2.56. The monoisotopic (exact) mass is 652 g/mol. The third kappa shape index (κ3) is 9.68. The van der Waals surface area contributed by atoms with E-state index in [1.54, 1.807) is 0 Å². The van der Waals surface area contributed by atoms with Crippen LogP contribution >= 0.6 is 0 Å². The van der Waals surface area contributed by atoms with Crippen LogP contribution in [-0.4, -0.2) is 39.5 Å². The number of hydrogen-bond acceptors (Lipinski definition) is 4. The van der Waals surface area contributed by atoms with Crippen LogP contribution in [0, 0.1) is 17.8 Å². The molecule has 0 bridgehead atoms. The molecule has 3 aromatic rings. The molecule has 0 amide bonds. The van der Waals surface area contributed by atoms with Crippen LogP contribution in [0.2, 0.25) is 5.04 Å². The first kappa shape index (κ1) is 35.6. The number of unbranched alkanes of at least 4 members (excludes halogenated alkanes) is 1. The second-order valence-corrected chi connectivity index (χ2v) is 18.9. The summed E-state index contributed by atoms with van der Waals surface area (Å²) in [6, 6.07) is 32.1. The molecule has 252 valence electrons. The van der Waals surface area contributed by atoms with E-state index in [1.807, 2.05) is 6.07 Å². The van der Waals surface area contributed by atoms with Crippen molar-refractivity contribution in [2.45, 2.75) is 122 Å². The van der Waals surface area contributed by atoms with E-state index in [0.29, 0.717) is 13.2 Å². The fourth-order valence-corrected chi connectivity index (χ4v) is 12.1. The molecular weight excluding hydrogens is 597 g/mol. The van der Waals surface area contributed by atoms with Crippen molar-refractivity contribution in [1.29, 1.82) is 0 Å². The van der Waals surface area contributed by atoms with Crippen LogP contribution in [0.25, 0.3) is 0 Å². The van der Waals surface area contributed by atoms with Crippen LogP contribution in [0.3, 0.4) is 0 Å². The maximum atomic E-state index is 7.12. The van der Waals surface area contributed by atoms with Gasteiger partial charge in [0.15, 0.2) is 5.79 Å². The molecule has 3 aromatic carbocycles. The van der Waals surface area contributed by atoms with Crippen LogP contribution in [0.1, 0.15) is 97.5 Å². The third-order valence-corrected chi connectivity index (χ3v) is 14.8. The van der Waals surface area contributed by atoms with Gasteiger partial charge in [-0.25, -0.2) is 0 Å². The maximum absolute atomic E-state index is 7.12. The zero-order valence-corrected chi connectivity index (χ0v) is 30.2. The molecule has 0 saturated carbocycles. The second kappa shape index (κ2) is 17.1. The summed E-state index contributed by atoms with van der Waals surface area (Å²) in [5.74, 6) is 6.73. The minimum Gasteiger partial charge on any atom is -0.406 e. The molecular formula is C42H56O4Si. The molecule has 0 radical (unpaired) electrons. The molecule has 0 N–H and O–H groups in total. The Hall–Kier alpha value is -2.72. The Bertz CT molecular complexity index is 1350. The Morgan fingerprint density at radius 1 is 0.809 bits per heavy atom. The first-order chi connectivity index (χ1) is 22.8. The fraction of sp³-hybridized carbons (Fsp3) is 0.524. The maximum Gasteiger partial charge on any atom is 0.261 e. The van der Waals surface area contributed by atoms with Crippen molar-refractivity contribution in [1.82, 2.24) is 0 Å². The Balaban J connectivity index is 1.11. The lowest BCUT2D eigenvalue weighted by molar-refractivity contribution is -0.314. The first-order valence-corrected chi connectivity index (χ1v) is 19.9. The normalized spacial score (nSPS) is 22.4. The summed E-state index contributed by atoms with van der Waals surface area (Å²) in [5, 5.41) is 2.57.